The maximum Gasteiger partial charge on any atom is 0.251 e. The molecule has 0 aliphatic heterocycles. The molecule has 1 amide bonds. The lowest BCUT2D eigenvalue weighted by Gasteiger charge is -2.20. The van der Waals surface area contributed by atoms with Gasteiger partial charge in [-0.1, -0.05) is 32.1 Å². The molecule has 3 heteroatoms. The highest BCUT2D eigenvalue weighted by molar-refractivity contribution is 5.95. The van der Waals surface area contributed by atoms with Crippen molar-refractivity contribution in [2.45, 2.75) is 40.2 Å². The second kappa shape index (κ2) is 7.72. The molecule has 1 aromatic rings. The molecular weight excluding hydrogens is 250 g/mol. The number of nitrogens with one attached hydrogen (secondary N) is 1. The van der Waals surface area contributed by atoms with Crippen LogP contribution in [0, 0.1) is 24.7 Å². The maximum atomic E-state index is 12.2. The third-order valence-electron chi connectivity index (χ3n) is 3.51. The summed E-state index contributed by atoms with van der Waals surface area (Å²) in [6.07, 6.45) is 1.03. The molecule has 1 aromatic carbocycles. The molecule has 108 valence electrons. The van der Waals surface area contributed by atoms with Gasteiger partial charge in [0.25, 0.3) is 5.91 Å². The van der Waals surface area contributed by atoms with E-state index in [1.165, 1.54) is 0 Å². The summed E-state index contributed by atoms with van der Waals surface area (Å²) in [5, 5.41) is 11.8. The summed E-state index contributed by atoms with van der Waals surface area (Å²) in [4.78, 5) is 12.2. The fraction of sp³-hybridized carbons (Fsp3) is 0.471. The van der Waals surface area contributed by atoms with Gasteiger partial charge < -0.3 is 10.4 Å². The Morgan fingerprint density at radius 3 is 2.65 bits per heavy atom. The van der Waals surface area contributed by atoms with Crippen molar-refractivity contribution in [2.75, 3.05) is 6.61 Å². The summed E-state index contributed by atoms with van der Waals surface area (Å²) in [6, 6.07) is 5.65. The fourth-order valence-corrected chi connectivity index (χ4v) is 1.91. The zero-order valence-corrected chi connectivity index (χ0v) is 12.7. The topological polar surface area (TPSA) is 49.3 Å². The number of hydrogen-bond acceptors (Lipinski definition) is 2. The number of rotatable bonds is 4. The third-order valence-corrected chi connectivity index (χ3v) is 3.51. The Kier molecular flexibility index (Phi) is 6.27. The molecule has 0 aliphatic carbocycles. The third kappa shape index (κ3) is 4.71. The molecule has 2 atom stereocenters. The van der Waals surface area contributed by atoms with Gasteiger partial charge in [-0.05, 0) is 43.5 Å². The highest BCUT2D eigenvalue weighted by Gasteiger charge is 2.14. The van der Waals surface area contributed by atoms with Crippen LogP contribution in [-0.2, 0) is 0 Å². The molecule has 1 rings (SSSR count). The number of aryl methyl sites for hydroxylation is 1. The minimum Gasteiger partial charge on any atom is -0.384 e. The van der Waals surface area contributed by atoms with E-state index in [4.69, 9.17) is 5.11 Å². The highest BCUT2D eigenvalue weighted by atomic mass is 16.2. The summed E-state index contributed by atoms with van der Waals surface area (Å²) < 4.78 is 0. The van der Waals surface area contributed by atoms with Crippen LogP contribution in [0.2, 0.25) is 0 Å². The first-order valence-corrected chi connectivity index (χ1v) is 7.00. The summed E-state index contributed by atoms with van der Waals surface area (Å²) in [5.41, 5.74) is 2.35. The van der Waals surface area contributed by atoms with Crippen molar-refractivity contribution in [1.82, 2.24) is 5.32 Å². The predicted molar refractivity (Wildman–Crippen MR) is 81.5 cm³/mol. The lowest BCUT2D eigenvalue weighted by molar-refractivity contribution is 0.0928. The van der Waals surface area contributed by atoms with Crippen molar-refractivity contribution in [3.63, 3.8) is 0 Å². The van der Waals surface area contributed by atoms with Crippen molar-refractivity contribution in [3.05, 3.63) is 34.9 Å². The van der Waals surface area contributed by atoms with Gasteiger partial charge in [0, 0.05) is 17.2 Å². The van der Waals surface area contributed by atoms with Crippen LogP contribution in [0.4, 0.5) is 0 Å². The second-order valence-electron chi connectivity index (χ2n) is 5.20. The van der Waals surface area contributed by atoms with Gasteiger partial charge in [0.05, 0.1) is 0 Å². The van der Waals surface area contributed by atoms with Gasteiger partial charge in [0.1, 0.15) is 6.61 Å². The molecule has 0 spiro atoms. The Morgan fingerprint density at radius 1 is 1.35 bits per heavy atom. The summed E-state index contributed by atoms with van der Waals surface area (Å²) in [5.74, 6) is 5.80. The zero-order chi connectivity index (χ0) is 15.1. The number of carbonyl (C=O) groups excluding carboxylic acids is 1. The highest BCUT2D eigenvalue weighted by Crippen LogP contribution is 2.11. The number of benzene rings is 1. The monoisotopic (exact) mass is 273 g/mol. The first kappa shape index (κ1) is 16.3. The number of amides is 1. The first-order chi connectivity index (χ1) is 9.47. The molecule has 0 heterocycles. The molecule has 0 aliphatic rings. The predicted octanol–water partition coefficient (Wildman–Crippen LogP) is 2.50. The summed E-state index contributed by atoms with van der Waals surface area (Å²) in [7, 11) is 0. The van der Waals surface area contributed by atoms with E-state index in [1.807, 2.05) is 26.0 Å². The minimum absolute atomic E-state index is 0.0754. The second-order valence-corrected chi connectivity index (χ2v) is 5.20. The van der Waals surface area contributed by atoms with Crippen LogP contribution < -0.4 is 5.32 Å². The van der Waals surface area contributed by atoms with E-state index in [1.54, 1.807) is 6.07 Å². The Morgan fingerprint density at radius 2 is 2.05 bits per heavy atom. The van der Waals surface area contributed by atoms with E-state index in [0.717, 1.165) is 17.5 Å². The minimum atomic E-state index is -0.180. The van der Waals surface area contributed by atoms with Gasteiger partial charge in [0.15, 0.2) is 0 Å². The normalized spacial score (nSPS) is 13.1. The Labute approximate surface area is 121 Å². The largest absolute Gasteiger partial charge is 0.384 e. The van der Waals surface area contributed by atoms with Crippen molar-refractivity contribution in [2.24, 2.45) is 5.92 Å². The van der Waals surface area contributed by atoms with Crippen LogP contribution >= 0.6 is 0 Å². The van der Waals surface area contributed by atoms with Gasteiger partial charge in [0.2, 0.25) is 0 Å². The SMILES string of the molecule is CCC(C)C(C)NC(=O)c1cc(C)cc(C#CCO)c1. The molecule has 0 saturated carbocycles. The van der Waals surface area contributed by atoms with Crippen LogP contribution in [-0.4, -0.2) is 23.7 Å². The maximum absolute atomic E-state index is 12.2. The smallest absolute Gasteiger partial charge is 0.251 e. The molecule has 0 bridgehead atoms. The van der Waals surface area contributed by atoms with Crippen molar-refractivity contribution in [3.8, 4) is 11.8 Å². The molecule has 0 fully saturated rings. The Bertz CT molecular complexity index is 526. The van der Waals surface area contributed by atoms with Gasteiger partial charge in [-0.3, -0.25) is 4.79 Å². The quantitative estimate of drug-likeness (QED) is 0.828. The van der Waals surface area contributed by atoms with Gasteiger partial charge >= 0.3 is 0 Å². The van der Waals surface area contributed by atoms with Gasteiger partial charge in [-0.25, -0.2) is 0 Å². The Hall–Kier alpha value is -1.79. The molecular formula is C17H23NO2. The first-order valence-electron chi connectivity index (χ1n) is 7.00. The van der Waals surface area contributed by atoms with Crippen LogP contribution in [0.1, 0.15) is 48.7 Å². The number of carbonyl (C=O) groups is 1. The average molecular weight is 273 g/mol. The van der Waals surface area contributed by atoms with Crippen LogP contribution in [0.5, 0.6) is 0 Å². The summed E-state index contributed by atoms with van der Waals surface area (Å²) in [6.45, 7) is 8.01. The van der Waals surface area contributed by atoms with Crippen molar-refractivity contribution in [1.29, 1.82) is 0 Å². The van der Waals surface area contributed by atoms with Gasteiger partial charge in [-0.15, -0.1) is 0 Å². The van der Waals surface area contributed by atoms with E-state index in [-0.39, 0.29) is 18.6 Å². The average Bonchev–Trinajstić information content (AvgIpc) is 2.43. The van der Waals surface area contributed by atoms with Gasteiger partial charge in [-0.2, -0.15) is 0 Å². The molecule has 2 unspecified atom stereocenters. The molecule has 0 radical (unpaired) electrons. The fourth-order valence-electron chi connectivity index (χ4n) is 1.91. The zero-order valence-electron chi connectivity index (χ0n) is 12.7. The lowest BCUT2D eigenvalue weighted by atomic mass is 10.00. The molecule has 20 heavy (non-hydrogen) atoms. The van der Waals surface area contributed by atoms with E-state index >= 15 is 0 Å². The molecule has 0 aromatic heterocycles. The standard InChI is InChI=1S/C17H23NO2/c1-5-13(3)14(4)18-17(20)16-10-12(2)9-15(11-16)7-6-8-19/h9-11,13-14,19H,5,8H2,1-4H3,(H,18,20). The van der Waals surface area contributed by atoms with Crippen molar-refractivity contribution < 1.29 is 9.90 Å². The van der Waals surface area contributed by atoms with E-state index in [9.17, 15) is 4.79 Å². The molecule has 3 nitrogen and oxygen atoms in total. The van der Waals surface area contributed by atoms with Crippen LogP contribution in [0.15, 0.2) is 18.2 Å². The van der Waals surface area contributed by atoms with E-state index in [2.05, 4.69) is 31.0 Å². The molecule has 0 saturated heterocycles. The van der Waals surface area contributed by atoms with Crippen LogP contribution in [0.3, 0.4) is 0 Å². The molecule has 2 N–H and O–H groups in total. The lowest BCUT2D eigenvalue weighted by Crippen LogP contribution is -2.36. The van der Waals surface area contributed by atoms with E-state index in [0.29, 0.717) is 11.5 Å². The summed E-state index contributed by atoms with van der Waals surface area (Å²) >= 11 is 0. The van der Waals surface area contributed by atoms with E-state index < -0.39 is 0 Å². The van der Waals surface area contributed by atoms with Crippen LogP contribution in [0.25, 0.3) is 0 Å². The Balaban J connectivity index is 2.90. The number of hydrogen-bond donors (Lipinski definition) is 2. The van der Waals surface area contributed by atoms with Crippen molar-refractivity contribution >= 4 is 5.91 Å². The number of aliphatic hydroxyl groups is 1. The number of aliphatic hydroxyl groups excluding tert-OH is 1.